The summed E-state index contributed by atoms with van der Waals surface area (Å²) in [6.45, 7) is 0.698. The molecule has 0 aromatic carbocycles. The van der Waals surface area contributed by atoms with E-state index < -0.39 is 0 Å². The fourth-order valence-corrected chi connectivity index (χ4v) is 1.57. The average Bonchev–Trinajstić information content (AvgIpc) is 2.47. The molecule has 19 heavy (non-hydrogen) atoms. The van der Waals surface area contributed by atoms with Crippen molar-refractivity contribution in [3.05, 3.63) is 60.2 Å². The van der Waals surface area contributed by atoms with Crippen LogP contribution in [0.5, 0.6) is 0 Å². The monoisotopic (exact) mass is 257 g/mol. The largest absolute Gasteiger partial charge is 0.444 e. The lowest BCUT2D eigenvalue weighted by atomic mass is 10.3. The molecule has 0 aliphatic rings. The number of hydrogen-bond acceptors (Lipinski definition) is 4. The lowest BCUT2D eigenvalue weighted by Crippen LogP contribution is -2.26. The average molecular weight is 257 g/mol. The zero-order chi connectivity index (χ0) is 13.5. The molecule has 2 aromatic rings. The first-order valence-electron chi connectivity index (χ1n) is 5.91. The molecule has 0 unspecified atom stereocenters. The Balaban J connectivity index is 1.83. The summed E-state index contributed by atoms with van der Waals surface area (Å²) in [5.41, 5.74) is 1.83. The third kappa shape index (κ3) is 4.06. The Morgan fingerprint density at radius 3 is 2.37 bits per heavy atom. The van der Waals surface area contributed by atoms with Crippen molar-refractivity contribution >= 4 is 6.09 Å². The van der Waals surface area contributed by atoms with E-state index in [1.54, 1.807) is 31.8 Å². The fraction of sp³-hybridized carbons (Fsp3) is 0.214. The maximum Gasteiger partial charge on any atom is 0.410 e. The van der Waals surface area contributed by atoms with Crippen molar-refractivity contribution in [2.24, 2.45) is 0 Å². The van der Waals surface area contributed by atoms with Crippen molar-refractivity contribution in [1.29, 1.82) is 0 Å². The van der Waals surface area contributed by atoms with Gasteiger partial charge >= 0.3 is 6.09 Å². The van der Waals surface area contributed by atoms with E-state index in [2.05, 4.69) is 9.97 Å². The molecule has 0 spiro atoms. The highest BCUT2D eigenvalue weighted by Gasteiger charge is 2.10. The molecule has 1 amide bonds. The molecule has 0 bridgehead atoms. The molecule has 5 nitrogen and oxygen atoms in total. The Morgan fingerprint density at radius 2 is 1.79 bits per heavy atom. The Kier molecular flexibility index (Phi) is 4.44. The topological polar surface area (TPSA) is 55.3 Å². The van der Waals surface area contributed by atoms with E-state index in [1.165, 1.54) is 4.90 Å². The van der Waals surface area contributed by atoms with Gasteiger partial charge in [0.2, 0.25) is 0 Å². The molecule has 0 saturated carbocycles. The van der Waals surface area contributed by atoms with Gasteiger partial charge in [0.05, 0.1) is 6.54 Å². The smallest absolute Gasteiger partial charge is 0.410 e. The van der Waals surface area contributed by atoms with Gasteiger partial charge in [-0.25, -0.2) is 4.79 Å². The highest BCUT2D eigenvalue weighted by molar-refractivity contribution is 5.67. The minimum absolute atomic E-state index is 0.226. The van der Waals surface area contributed by atoms with Gasteiger partial charge in [-0.2, -0.15) is 0 Å². The second-order valence-corrected chi connectivity index (χ2v) is 4.13. The van der Waals surface area contributed by atoms with E-state index in [0.717, 1.165) is 11.1 Å². The molecule has 0 radical (unpaired) electrons. The first kappa shape index (κ1) is 13.0. The number of pyridine rings is 2. The van der Waals surface area contributed by atoms with Crippen LogP contribution in [0.4, 0.5) is 4.79 Å². The van der Waals surface area contributed by atoms with Gasteiger partial charge in [0.15, 0.2) is 0 Å². The van der Waals surface area contributed by atoms with Crippen LogP contribution in [0.3, 0.4) is 0 Å². The zero-order valence-corrected chi connectivity index (χ0v) is 10.7. The van der Waals surface area contributed by atoms with E-state index >= 15 is 0 Å². The molecule has 0 aliphatic carbocycles. The third-order valence-corrected chi connectivity index (χ3v) is 2.54. The predicted octanol–water partition coefficient (Wildman–Crippen LogP) is 2.25. The minimum Gasteiger partial charge on any atom is -0.444 e. The molecule has 98 valence electrons. The molecule has 0 N–H and O–H groups in total. The number of hydrogen-bond donors (Lipinski definition) is 0. The van der Waals surface area contributed by atoms with Crippen molar-refractivity contribution in [3.8, 4) is 0 Å². The molecule has 0 fully saturated rings. The van der Waals surface area contributed by atoms with Crippen LogP contribution in [0.2, 0.25) is 0 Å². The number of rotatable bonds is 4. The summed E-state index contributed by atoms with van der Waals surface area (Å²) in [4.78, 5) is 21.3. The van der Waals surface area contributed by atoms with Crippen LogP contribution in [0.25, 0.3) is 0 Å². The normalized spacial score (nSPS) is 9.95. The quantitative estimate of drug-likeness (QED) is 0.843. The van der Waals surface area contributed by atoms with Crippen molar-refractivity contribution in [2.75, 3.05) is 7.05 Å². The van der Waals surface area contributed by atoms with Crippen LogP contribution < -0.4 is 0 Å². The van der Waals surface area contributed by atoms with Gasteiger partial charge in [0.1, 0.15) is 6.61 Å². The lowest BCUT2D eigenvalue weighted by molar-refractivity contribution is 0.102. The molecule has 2 heterocycles. The van der Waals surface area contributed by atoms with Crippen LogP contribution >= 0.6 is 0 Å². The van der Waals surface area contributed by atoms with Crippen LogP contribution in [-0.4, -0.2) is 28.0 Å². The molecular weight excluding hydrogens is 242 g/mol. The van der Waals surface area contributed by atoms with E-state index in [4.69, 9.17) is 4.74 Å². The summed E-state index contributed by atoms with van der Waals surface area (Å²) in [6, 6.07) is 7.42. The molecule has 0 atom stereocenters. The molecule has 0 aliphatic heterocycles. The Labute approximate surface area is 111 Å². The van der Waals surface area contributed by atoms with Crippen molar-refractivity contribution in [1.82, 2.24) is 14.9 Å². The van der Waals surface area contributed by atoms with Gasteiger partial charge in [-0.05, 0) is 17.7 Å². The van der Waals surface area contributed by atoms with E-state index in [-0.39, 0.29) is 12.7 Å². The first-order valence-corrected chi connectivity index (χ1v) is 5.91. The van der Waals surface area contributed by atoms with Gasteiger partial charge in [-0.15, -0.1) is 0 Å². The van der Waals surface area contributed by atoms with Crippen molar-refractivity contribution in [3.63, 3.8) is 0 Å². The Morgan fingerprint density at radius 1 is 1.16 bits per heavy atom. The highest BCUT2D eigenvalue weighted by atomic mass is 16.6. The molecule has 5 heteroatoms. The van der Waals surface area contributed by atoms with Gasteiger partial charge in [-0.3, -0.25) is 9.97 Å². The summed E-state index contributed by atoms with van der Waals surface area (Å²) in [5.74, 6) is 0. The number of ether oxygens (including phenoxy) is 1. The number of nitrogens with zero attached hydrogens (tertiary/aromatic N) is 3. The summed E-state index contributed by atoms with van der Waals surface area (Å²) in [5, 5.41) is 0. The van der Waals surface area contributed by atoms with Crippen LogP contribution in [0, 0.1) is 0 Å². The van der Waals surface area contributed by atoms with Crippen LogP contribution in [0.1, 0.15) is 11.1 Å². The van der Waals surface area contributed by atoms with Gasteiger partial charge < -0.3 is 9.64 Å². The van der Waals surface area contributed by atoms with E-state index in [0.29, 0.717) is 6.54 Å². The summed E-state index contributed by atoms with van der Waals surface area (Å²) in [6.07, 6.45) is 6.41. The fourth-order valence-electron chi connectivity index (χ4n) is 1.57. The summed E-state index contributed by atoms with van der Waals surface area (Å²) >= 11 is 0. The second-order valence-electron chi connectivity index (χ2n) is 4.13. The van der Waals surface area contributed by atoms with Crippen LogP contribution in [-0.2, 0) is 17.9 Å². The number of carbonyl (C=O) groups is 1. The number of amides is 1. The molecule has 2 aromatic heterocycles. The van der Waals surface area contributed by atoms with E-state index in [9.17, 15) is 4.79 Å². The number of aromatic nitrogens is 2. The van der Waals surface area contributed by atoms with E-state index in [1.807, 2.05) is 24.3 Å². The summed E-state index contributed by atoms with van der Waals surface area (Å²) in [7, 11) is 1.69. The minimum atomic E-state index is -0.368. The first-order chi connectivity index (χ1) is 9.25. The standard InChI is InChI=1S/C14H15N3O2/c1-17(10-12-4-2-6-15-8-12)14(18)19-11-13-5-3-7-16-9-13/h2-9H,10-11H2,1H3. The second kappa shape index (κ2) is 6.49. The number of carbonyl (C=O) groups excluding carboxylic acids is 1. The summed E-state index contributed by atoms with van der Waals surface area (Å²) < 4.78 is 5.19. The third-order valence-electron chi connectivity index (χ3n) is 2.54. The Hall–Kier alpha value is -2.43. The van der Waals surface area contributed by atoms with Crippen molar-refractivity contribution in [2.45, 2.75) is 13.2 Å². The molecule has 0 saturated heterocycles. The van der Waals surface area contributed by atoms with Gasteiger partial charge in [0.25, 0.3) is 0 Å². The zero-order valence-electron chi connectivity index (χ0n) is 10.7. The van der Waals surface area contributed by atoms with Gasteiger partial charge in [0, 0.05) is 37.4 Å². The molecule has 2 rings (SSSR count). The highest BCUT2D eigenvalue weighted by Crippen LogP contribution is 2.04. The maximum absolute atomic E-state index is 11.8. The predicted molar refractivity (Wildman–Crippen MR) is 70.1 cm³/mol. The van der Waals surface area contributed by atoms with Crippen LogP contribution in [0.15, 0.2) is 49.1 Å². The SMILES string of the molecule is CN(Cc1cccnc1)C(=O)OCc1cccnc1. The lowest BCUT2D eigenvalue weighted by Gasteiger charge is -2.16. The maximum atomic E-state index is 11.8. The Bertz CT molecular complexity index is 517. The van der Waals surface area contributed by atoms with Crippen molar-refractivity contribution < 1.29 is 9.53 Å². The van der Waals surface area contributed by atoms with Gasteiger partial charge in [-0.1, -0.05) is 12.1 Å². The molecular formula is C14H15N3O2.